The Balaban J connectivity index is 1.52. The van der Waals surface area contributed by atoms with Crippen molar-refractivity contribution in [3.8, 4) is 0 Å². The van der Waals surface area contributed by atoms with Crippen molar-refractivity contribution in [1.82, 2.24) is 25.7 Å². The van der Waals surface area contributed by atoms with E-state index in [0.717, 1.165) is 31.7 Å². The molecule has 0 amide bonds. The van der Waals surface area contributed by atoms with Gasteiger partial charge in [0.2, 0.25) is 11.8 Å². The summed E-state index contributed by atoms with van der Waals surface area (Å²) in [5.41, 5.74) is 0. The Kier molecular flexibility index (Phi) is 4.40. The minimum Gasteiger partial charge on any atom is -0.424 e. The summed E-state index contributed by atoms with van der Waals surface area (Å²) >= 11 is 0. The minimum absolute atomic E-state index is 0.440. The summed E-state index contributed by atoms with van der Waals surface area (Å²) < 4.78 is 5.49. The molecule has 7 nitrogen and oxygen atoms in total. The van der Waals surface area contributed by atoms with Crippen LogP contribution in [0.3, 0.4) is 0 Å². The molecule has 7 heteroatoms. The van der Waals surface area contributed by atoms with Crippen LogP contribution < -0.4 is 10.2 Å². The fourth-order valence-electron chi connectivity index (χ4n) is 2.64. The lowest BCUT2D eigenvalue weighted by Gasteiger charge is -2.25. The van der Waals surface area contributed by atoms with E-state index in [4.69, 9.17) is 4.42 Å². The van der Waals surface area contributed by atoms with Gasteiger partial charge < -0.3 is 14.6 Å². The number of aryl methyl sites for hydroxylation is 1. The number of aromatic nitrogens is 4. The van der Waals surface area contributed by atoms with Gasteiger partial charge in [-0.05, 0) is 25.0 Å². The molecule has 0 unspecified atom stereocenters. The van der Waals surface area contributed by atoms with Crippen molar-refractivity contribution in [3.05, 3.63) is 30.1 Å². The molecule has 0 radical (unpaired) electrons. The molecule has 1 fully saturated rings. The number of nitrogens with zero attached hydrogens (tertiary/aromatic N) is 5. The maximum atomic E-state index is 5.49. The Morgan fingerprint density at radius 1 is 1.33 bits per heavy atom. The van der Waals surface area contributed by atoms with E-state index in [9.17, 15) is 0 Å². The number of rotatable bonds is 6. The van der Waals surface area contributed by atoms with Crippen LogP contribution in [0.2, 0.25) is 0 Å². The van der Waals surface area contributed by atoms with E-state index in [-0.39, 0.29) is 0 Å². The first-order valence-corrected chi connectivity index (χ1v) is 7.43. The molecular weight excluding hydrogens is 268 g/mol. The average Bonchev–Trinajstić information content (AvgIpc) is 3.17. The number of anilines is 1. The molecule has 1 N–H and O–H groups in total. The van der Waals surface area contributed by atoms with Crippen molar-refractivity contribution < 1.29 is 4.42 Å². The zero-order valence-electron chi connectivity index (χ0n) is 12.2. The van der Waals surface area contributed by atoms with Gasteiger partial charge in [0.25, 0.3) is 0 Å². The molecule has 1 atom stereocenters. The van der Waals surface area contributed by atoms with Gasteiger partial charge in [-0.15, -0.1) is 15.3 Å². The Hall–Kier alpha value is -2.02. The molecule has 1 aliphatic heterocycles. The van der Waals surface area contributed by atoms with Gasteiger partial charge in [0.05, 0.1) is 6.54 Å². The quantitative estimate of drug-likeness (QED) is 0.855. The monoisotopic (exact) mass is 288 g/mol. The van der Waals surface area contributed by atoms with Gasteiger partial charge in [0, 0.05) is 31.7 Å². The fraction of sp³-hybridized carbons (Fsp3) is 0.571. The lowest BCUT2D eigenvalue weighted by atomic mass is 10.2. The third-order valence-corrected chi connectivity index (χ3v) is 3.70. The number of hydrogen-bond donors (Lipinski definition) is 1. The molecule has 0 spiro atoms. The van der Waals surface area contributed by atoms with Gasteiger partial charge in [-0.2, -0.15) is 5.10 Å². The Bertz CT molecular complexity index is 558. The average molecular weight is 288 g/mol. The van der Waals surface area contributed by atoms with Crippen LogP contribution in [-0.4, -0.2) is 39.5 Å². The van der Waals surface area contributed by atoms with Crippen molar-refractivity contribution in [2.75, 3.05) is 18.0 Å². The topological polar surface area (TPSA) is 80.0 Å². The van der Waals surface area contributed by atoms with E-state index in [1.807, 2.05) is 19.1 Å². The molecule has 0 saturated carbocycles. The van der Waals surface area contributed by atoms with Gasteiger partial charge in [0.1, 0.15) is 0 Å². The summed E-state index contributed by atoms with van der Waals surface area (Å²) in [5, 5.41) is 19.5. The van der Waals surface area contributed by atoms with E-state index in [2.05, 4.69) is 30.6 Å². The second kappa shape index (κ2) is 6.62. The molecule has 21 heavy (non-hydrogen) atoms. The molecule has 3 heterocycles. The van der Waals surface area contributed by atoms with E-state index in [1.165, 1.54) is 6.42 Å². The van der Waals surface area contributed by atoms with E-state index < -0.39 is 0 Å². The van der Waals surface area contributed by atoms with Gasteiger partial charge in [-0.1, -0.05) is 6.92 Å². The molecule has 0 aliphatic carbocycles. The van der Waals surface area contributed by atoms with Crippen molar-refractivity contribution in [3.63, 3.8) is 0 Å². The number of nitrogens with one attached hydrogen (secondary N) is 1. The van der Waals surface area contributed by atoms with Crippen molar-refractivity contribution in [2.24, 2.45) is 0 Å². The standard InChI is InChI=1S/C14H20N6O/c1-2-13-18-19-14(21-13)10-15-9-11-5-4-8-20(11)12-6-3-7-16-17-12/h3,6-7,11,15H,2,4-5,8-10H2,1H3/t11-/m1/s1. The lowest BCUT2D eigenvalue weighted by molar-refractivity contribution is 0.430. The van der Waals surface area contributed by atoms with Crippen LogP contribution in [0, 0.1) is 0 Å². The predicted octanol–water partition coefficient (Wildman–Crippen LogP) is 1.18. The van der Waals surface area contributed by atoms with E-state index in [0.29, 0.717) is 24.4 Å². The Morgan fingerprint density at radius 3 is 3.00 bits per heavy atom. The van der Waals surface area contributed by atoms with E-state index >= 15 is 0 Å². The molecular formula is C14H20N6O. The normalized spacial score (nSPS) is 18.3. The second-order valence-electron chi connectivity index (χ2n) is 5.15. The summed E-state index contributed by atoms with van der Waals surface area (Å²) in [6.07, 6.45) is 4.82. The smallest absolute Gasteiger partial charge is 0.230 e. The summed E-state index contributed by atoms with van der Waals surface area (Å²) in [5.74, 6) is 2.29. The molecule has 2 aromatic rings. The molecule has 0 aromatic carbocycles. The summed E-state index contributed by atoms with van der Waals surface area (Å²) in [7, 11) is 0. The Morgan fingerprint density at radius 2 is 2.24 bits per heavy atom. The summed E-state index contributed by atoms with van der Waals surface area (Å²) in [6.45, 7) is 4.52. The maximum Gasteiger partial charge on any atom is 0.230 e. The molecule has 1 saturated heterocycles. The fourth-order valence-corrected chi connectivity index (χ4v) is 2.64. The minimum atomic E-state index is 0.440. The SMILES string of the molecule is CCc1nnc(CNC[C@H]2CCCN2c2cccnn2)o1. The largest absolute Gasteiger partial charge is 0.424 e. The highest BCUT2D eigenvalue weighted by Crippen LogP contribution is 2.22. The van der Waals surface area contributed by atoms with Crippen LogP contribution in [0.15, 0.2) is 22.7 Å². The van der Waals surface area contributed by atoms with Crippen molar-refractivity contribution in [2.45, 2.75) is 38.8 Å². The highest BCUT2D eigenvalue weighted by molar-refractivity contribution is 5.39. The van der Waals surface area contributed by atoms with Crippen LogP contribution in [0.1, 0.15) is 31.5 Å². The van der Waals surface area contributed by atoms with Crippen LogP contribution in [0.5, 0.6) is 0 Å². The van der Waals surface area contributed by atoms with Crippen molar-refractivity contribution in [1.29, 1.82) is 0 Å². The molecule has 112 valence electrons. The van der Waals surface area contributed by atoms with Crippen LogP contribution in [0.4, 0.5) is 5.82 Å². The lowest BCUT2D eigenvalue weighted by Crippen LogP contribution is -2.38. The van der Waals surface area contributed by atoms with Crippen LogP contribution >= 0.6 is 0 Å². The first kappa shape index (κ1) is 13.9. The van der Waals surface area contributed by atoms with Gasteiger partial charge in [0.15, 0.2) is 5.82 Å². The second-order valence-corrected chi connectivity index (χ2v) is 5.15. The zero-order chi connectivity index (χ0) is 14.5. The van der Waals surface area contributed by atoms with Crippen LogP contribution in [0.25, 0.3) is 0 Å². The first-order valence-electron chi connectivity index (χ1n) is 7.43. The van der Waals surface area contributed by atoms with E-state index in [1.54, 1.807) is 6.20 Å². The molecule has 3 rings (SSSR count). The van der Waals surface area contributed by atoms with Gasteiger partial charge in [-0.3, -0.25) is 0 Å². The van der Waals surface area contributed by atoms with Gasteiger partial charge >= 0.3 is 0 Å². The molecule has 2 aromatic heterocycles. The third-order valence-electron chi connectivity index (χ3n) is 3.70. The molecule has 1 aliphatic rings. The van der Waals surface area contributed by atoms with Crippen LogP contribution in [-0.2, 0) is 13.0 Å². The predicted molar refractivity (Wildman–Crippen MR) is 77.8 cm³/mol. The molecule has 0 bridgehead atoms. The first-order chi connectivity index (χ1) is 10.4. The highest BCUT2D eigenvalue weighted by Gasteiger charge is 2.25. The Labute approximate surface area is 123 Å². The highest BCUT2D eigenvalue weighted by atomic mass is 16.4. The maximum absolute atomic E-state index is 5.49. The third kappa shape index (κ3) is 3.36. The van der Waals surface area contributed by atoms with Crippen molar-refractivity contribution >= 4 is 5.82 Å². The summed E-state index contributed by atoms with van der Waals surface area (Å²) in [4.78, 5) is 2.31. The summed E-state index contributed by atoms with van der Waals surface area (Å²) in [6, 6.07) is 4.38. The zero-order valence-corrected chi connectivity index (χ0v) is 12.2. The number of hydrogen-bond acceptors (Lipinski definition) is 7. The van der Waals surface area contributed by atoms with Gasteiger partial charge in [-0.25, -0.2) is 0 Å².